The summed E-state index contributed by atoms with van der Waals surface area (Å²) in [7, 11) is 1.24. The van der Waals surface area contributed by atoms with Crippen LogP contribution in [0.1, 0.15) is 20.8 Å². The van der Waals surface area contributed by atoms with Gasteiger partial charge in [0.15, 0.2) is 0 Å². The van der Waals surface area contributed by atoms with Gasteiger partial charge in [0.25, 0.3) is 5.56 Å². The van der Waals surface area contributed by atoms with Crippen LogP contribution < -0.4 is 16.6 Å². The summed E-state index contributed by atoms with van der Waals surface area (Å²) in [5.74, 6) is -1.18. The Labute approximate surface area is 213 Å². The SMILES string of the molecule is COC(=O)c1ccccc1NC(=O)Cn1c(=O)n(-c2ccc(Cl)c(Cl)c2)c(=O)c2c(C)c(C)sc21. The van der Waals surface area contributed by atoms with Crippen LogP contribution in [0.4, 0.5) is 5.69 Å². The minimum absolute atomic E-state index is 0.171. The molecule has 4 rings (SSSR count). The Kier molecular flexibility index (Phi) is 6.84. The molecule has 35 heavy (non-hydrogen) atoms. The number of halogens is 2. The third-order valence-electron chi connectivity index (χ3n) is 5.52. The van der Waals surface area contributed by atoms with Crippen LogP contribution in [-0.4, -0.2) is 28.1 Å². The molecule has 180 valence electrons. The maximum absolute atomic E-state index is 13.5. The van der Waals surface area contributed by atoms with Gasteiger partial charge in [0, 0.05) is 4.88 Å². The van der Waals surface area contributed by atoms with Crippen molar-refractivity contribution in [3.8, 4) is 5.69 Å². The first-order chi connectivity index (χ1) is 16.6. The lowest BCUT2D eigenvalue weighted by Gasteiger charge is -2.14. The number of amides is 1. The fourth-order valence-corrected chi connectivity index (χ4v) is 5.09. The van der Waals surface area contributed by atoms with Gasteiger partial charge in [-0.3, -0.25) is 14.2 Å². The first-order valence-corrected chi connectivity index (χ1v) is 11.9. The third kappa shape index (κ3) is 4.50. The Morgan fingerprint density at radius 1 is 1.06 bits per heavy atom. The molecule has 0 fully saturated rings. The highest BCUT2D eigenvalue weighted by atomic mass is 35.5. The second kappa shape index (κ2) is 9.69. The highest BCUT2D eigenvalue weighted by molar-refractivity contribution is 7.18. The molecule has 1 amide bonds. The van der Waals surface area contributed by atoms with Crippen LogP contribution in [0, 0.1) is 13.8 Å². The second-order valence-electron chi connectivity index (χ2n) is 7.66. The Morgan fingerprint density at radius 3 is 2.46 bits per heavy atom. The number of fused-ring (bicyclic) bond motifs is 1. The Balaban J connectivity index is 1.85. The number of ether oxygens (including phenoxy) is 1. The van der Waals surface area contributed by atoms with Crippen molar-refractivity contribution in [1.29, 1.82) is 0 Å². The maximum Gasteiger partial charge on any atom is 0.339 e. The van der Waals surface area contributed by atoms with Gasteiger partial charge in [-0.05, 0) is 49.7 Å². The van der Waals surface area contributed by atoms with Crippen LogP contribution in [0.15, 0.2) is 52.1 Å². The molecule has 0 radical (unpaired) electrons. The molecule has 0 saturated heterocycles. The molecule has 0 aliphatic carbocycles. The summed E-state index contributed by atoms with van der Waals surface area (Å²) in [6, 6.07) is 10.8. The zero-order valence-electron chi connectivity index (χ0n) is 18.8. The maximum atomic E-state index is 13.5. The number of hydrogen-bond donors (Lipinski definition) is 1. The Morgan fingerprint density at radius 2 is 1.77 bits per heavy atom. The van der Waals surface area contributed by atoms with E-state index in [9.17, 15) is 19.2 Å². The topological polar surface area (TPSA) is 99.4 Å². The molecule has 0 saturated carbocycles. The number of thiophene rings is 1. The molecule has 0 atom stereocenters. The quantitative estimate of drug-likeness (QED) is 0.380. The number of aryl methyl sites for hydroxylation is 2. The molecule has 0 unspecified atom stereocenters. The van der Waals surface area contributed by atoms with E-state index >= 15 is 0 Å². The monoisotopic (exact) mass is 531 g/mol. The van der Waals surface area contributed by atoms with Crippen molar-refractivity contribution >= 4 is 62.3 Å². The normalized spacial score (nSPS) is 11.0. The molecule has 8 nitrogen and oxygen atoms in total. The van der Waals surface area contributed by atoms with Gasteiger partial charge in [0.1, 0.15) is 11.4 Å². The molecule has 2 aromatic carbocycles. The number of nitrogens with one attached hydrogen (secondary N) is 1. The van der Waals surface area contributed by atoms with E-state index in [1.54, 1.807) is 25.1 Å². The van der Waals surface area contributed by atoms with Gasteiger partial charge in [0.05, 0.1) is 39.5 Å². The number of carbonyl (C=O) groups excluding carboxylic acids is 2. The molecule has 0 bridgehead atoms. The van der Waals surface area contributed by atoms with Gasteiger partial charge in [-0.1, -0.05) is 35.3 Å². The molecular weight excluding hydrogens is 513 g/mol. The standard InChI is InChI=1S/C24H19Cl2N3O5S/c1-12-13(2)35-22-20(12)21(31)29(14-8-9-16(25)17(26)10-14)24(33)28(22)11-19(30)27-18-7-5-4-6-15(18)23(32)34-3/h4-10H,11H2,1-3H3,(H,27,30). The molecule has 2 aromatic heterocycles. The van der Waals surface area contributed by atoms with E-state index in [1.807, 2.05) is 6.92 Å². The Hall–Kier alpha value is -3.40. The molecular formula is C24H19Cl2N3O5S. The first kappa shape index (κ1) is 24.7. The van der Waals surface area contributed by atoms with Crippen LogP contribution in [-0.2, 0) is 16.1 Å². The number of aromatic nitrogens is 2. The van der Waals surface area contributed by atoms with E-state index in [-0.39, 0.29) is 27.0 Å². The number of esters is 1. The summed E-state index contributed by atoms with van der Waals surface area (Å²) in [5.41, 5.74) is 0.129. The summed E-state index contributed by atoms with van der Waals surface area (Å²) in [5, 5.41) is 3.44. The molecule has 11 heteroatoms. The number of rotatable bonds is 5. The lowest BCUT2D eigenvalue weighted by atomic mass is 10.2. The fraction of sp³-hybridized carbons (Fsp3) is 0.167. The number of para-hydroxylation sites is 1. The number of benzene rings is 2. The molecule has 4 aromatic rings. The summed E-state index contributed by atoms with van der Waals surface area (Å²) in [4.78, 5) is 53.2. The molecule has 1 N–H and O–H groups in total. The molecule has 0 aliphatic rings. The van der Waals surface area contributed by atoms with Crippen LogP contribution in [0.5, 0.6) is 0 Å². The lowest BCUT2D eigenvalue weighted by molar-refractivity contribution is -0.116. The Bertz CT molecular complexity index is 1620. The van der Waals surface area contributed by atoms with E-state index in [4.69, 9.17) is 27.9 Å². The van der Waals surface area contributed by atoms with E-state index in [0.717, 1.165) is 9.44 Å². The predicted molar refractivity (Wildman–Crippen MR) is 138 cm³/mol. The van der Waals surface area contributed by atoms with E-state index < -0.39 is 29.7 Å². The van der Waals surface area contributed by atoms with Gasteiger partial charge >= 0.3 is 11.7 Å². The third-order valence-corrected chi connectivity index (χ3v) is 7.49. The zero-order valence-corrected chi connectivity index (χ0v) is 21.2. The summed E-state index contributed by atoms with van der Waals surface area (Å²) in [6.07, 6.45) is 0. The van der Waals surface area contributed by atoms with E-state index in [1.165, 1.54) is 47.3 Å². The fourth-order valence-electron chi connectivity index (χ4n) is 3.66. The number of anilines is 1. The lowest BCUT2D eigenvalue weighted by Crippen LogP contribution is -2.40. The number of carbonyl (C=O) groups is 2. The van der Waals surface area contributed by atoms with Crippen molar-refractivity contribution in [2.45, 2.75) is 20.4 Å². The number of methoxy groups -OCH3 is 1. The van der Waals surface area contributed by atoms with Crippen molar-refractivity contribution in [3.05, 3.63) is 89.4 Å². The molecule has 0 spiro atoms. The van der Waals surface area contributed by atoms with Crippen molar-refractivity contribution in [1.82, 2.24) is 9.13 Å². The largest absolute Gasteiger partial charge is 0.465 e. The van der Waals surface area contributed by atoms with Crippen LogP contribution in [0.25, 0.3) is 15.9 Å². The van der Waals surface area contributed by atoms with Gasteiger partial charge < -0.3 is 10.1 Å². The van der Waals surface area contributed by atoms with Crippen molar-refractivity contribution in [2.24, 2.45) is 0 Å². The zero-order chi connectivity index (χ0) is 25.4. The van der Waals surface area contributed by atoms with Crippen molar-refractivity contribution < 1.29 is 14.3 Å². The first-order valence-electron chi connectivity index (χ1n) is 10.3. The van der Waals surface area contributed by atoms with Gasteiger partial charge in [0.2, 0.25) is 5.91 Å². The molecule has 2 heterocycles. The van der Waals surface area contributed by atoms with Gasteiger partial charge in [-0.15, -0.1) is 11.3 Å². The van der Waals surface area contributed by atoms with Crippen molar-refractivity contribution in [2.75, 3.05) is 12.4 Å². The minimum atomic E-state index is -0.710. The average Bonchev–Trinajstić information content (AvgIpc) is 3.13. The van der Waals surface area contributed by atoms with Crippen molar-refractivity contribution in [3.63, 3.8) is 0 Å². The predicted octanol–water partition coefficient (Wildman–Crippen LogP) is 4.56. The summed E-state index contributed by atoms with van der Waals surface area (Å²) >= 11 is 13.4. The highest BCUT2D eigenvalue weighted by Crippen LogP contribution is 2.28. The van der Waals surface area contributed by atoms with E-state index in [0.29, 0.717) is 15.8 Å². The number of nitrogens with zero attached hydrogens (tertiary/aromatic N) is 2. The number of hydrogen-bond acceptors (Lipinski definition) is 6. The van der Waals surface area contributed by atoms with Crippen LogP contribution in [0.3, 0.4) is 0 Å². The second-order valence-corrected chi connectivity index (χ2v) is 9.67. The summed E-state index contributed by atoms with van der Waals surface area (Å²) < 4.78 is 6.97. The van der Waals surface area contributed by atoms with E-state index in [2.05, 4.69) is 5.32 Å². The summed E-state index contributed by atoms with van der Waals surface area (Å²) in [6.45, 7) is 3.23. The average molecular weight is 532 g/mol. The highest BCUT2D eigenvalue weighted by Gasteiger charge is 2.22. The smallest absolute Gasteiger partial charge is 0.339 e. The van der Waals surface area contributed by atoms with Gasteiger partial charge in [-0.2, -0.15) is 0 Å². The van der Waals surface area contributed by atoms with Crippen LogP contribution in [0.2, 0.25) is 10.0 Å². The van der Waals surface area contributed by atoms with Crippen LogP contribution >= 0.6 is 34.5 Å². The minimum Gasteiger partial charge on any atom is -0.465 e. The van der Waals surface area contributed by atoms with Gasteiger partial charge in [-0.25, -0.2) is 14.2 Å². The molecule has 0 aliphatic heterocycles.